The Morgan fingerprint density at radius 3 is 2.78 bits per heavy atom. The highest BCUT2D eigenvalue weighted by atomic mass is 19.4. The van der Waals surface area contributed by atoms with Gasteiger partial charge in [-0.1, -0.05) is 31.4 Å². The Morgan fingerprint density at radius 1 is 1.16 bits per heavy atom. The fraction of sp³-hybridized carbons (Fsp3) is 0.520. The van der Waals surface area contributed by atoms with E-state index in [4.69, 9.17) is 4.74 Å². The molecule has 6 atom stereocenters. The van der Waals surface area contributed by atoms with Gasteiger partial charge in [0.1, 0.15) is 11.9 Å². The molecule has 4 nitrogen and oxygen atoms in total. The molecule has 2 heterocycles. The van der Waals surface area contributed by atoms with Crippen LogP contribution in [0.25, 0.3) is 17.0 Å². The van der Waals surface area contributed by atoms with E-state index >= 15 is 0 Å². The standard InChI is InChI=1S/C25H26F3NO3/c1-14-23-20(19-5-3-2-4-15(19)13-21(23)24(30)31-14)10-8-17-7-6-16-12-18(32-25(26,27)28)9-11-22(16)29-17/h6-12,14-15,19-21,23H,2-5,13H2,1H3/b10-8+/t14-,15+,19-,20+,21-,23+/m1/s1. The summed E-state index contributed by atoms with van der Waals surface area (Å²) < 4.78 is 47.0. The summed E-state index contributed by atoms with van der Waals surface area (Å²) in [6.07, 6.45) is 5.14. The summed E-state index contributed by atoms with van der Waals surface area (Å²) >= 11 is 0. The molecule has 2 saturated carbocycles. The lowest BCUT2D eigenvalue weighted by molar-refractivity contribution is -0.274. The lowest BCUT2D eigenvalue weighted by atomic mass is 9.57. The van der Waals surface area contributed by atoms with Crippen LogP contribution < -0.4 is 4.74 Å². The molecule has 170 valence electrons. The van der Waals surface area contributed by atoms with Crippen molar-refractivity contribution in [1.29, 1.82) is 0 Å². The second-order valence-electron chi connectivity index (χ2n) is 9.34. The van der Waals surface area contributed by atoms with E-state index in [1.807, 2.05) is 13.0 Å². The van der Waals surface area contributed by atoms with Crippen LogP contribution in [0, 0.1) is 29.6 Å². The highest BCUT2D eigenvalue weighted by molar-refractivity contribution is 5.81. The summed E-state index contributed by atoms with van der Waals surface area (Å²) in [7, 11) is 0. The van der Waals surface area contributed by atoms with Crippen molar-refractivity contribution in [1.82, 2.24) is 4.98 Å². The van der Waals surface area contributed by atoms with Gasteiger partial charge in [-0.05, 0) is 67.9 Å². The first-order valence-corrected chi connectivity index (χ1v) is 11.3. The molecule has 1 aromatic carbocycles. The van der Waals surface area contributed by atoms with Gasteiger partial charge < -0.3 is 9.47 Å². The van der Waals surface area contributed by atoms with Crippen LogP contribution >= 0.6 is 0 Å². The summed E-state index contributed by atoms with van der Waals surface area (Å²) in [5.74, 6) is 1.25. The van der Waals surface area contributed by atoms with Gasteiger partial charge in [0.25, 0.3) is 0 Å². The second-order valence-corrected chi connectivity index (χ2v) is 9.34. The van der Waals surface area contributed by atoms with Gasteiger partial charge in [-0.2, -0.15) is 0 Å². The topological polar surface area (TPSA) is 48.4 Å². The Kier molecular flexibility index (Phi) is 5.38. The van der Waals surface area contributed by atoms with E-state index in [0.717, 1.165) is 12.1 Å². The van der Waals surface area contributed by atoms with E-state index in [-0.39, 0.29) is 35.6 Å². The van der Waals surface area contributed by atoms with Crippen molar-refractivity contribution in [2.75, 3.05) is 0 Å². The Bertz CT molecular complexity index is 1050. The average Bonchev–Trinajstić information content (AvgIpc) is 3.03. The molecule has 2 aromatic rings. The second kappa shape index (κ2) is 8.09. The lowest BCUT2D eigenvalue weighted by Gasteiger charge is -2.45. The smallest absolute Gasteiger partial charge is 0.462 e. The maximum atomic E-state index is 12.5. The quantitative estimate of drug-likeness (QED) is 0.532. The normalized spacial score (nSPS) is 32.6. The average molecular weight is 445 g/mol. The van der Waals surface area contributed by atoms with Crippen LogP contribution in [-0.2, 0) is 9.53 Å². The molecule has 2 aliphatic carbocycles. The van der Waals surface area contributed by atoms with Crippen molar-refractivity contribution in [2.45, 2.75) is 51.5 Å². The van der Waals surface area contributed by atoms with Crippen LogP contribution in [0.1, 0.15) is 44.7 Å². The number of cyclic esters (lactones) is 1. The van der Waals surface area contributed by atoms with E-state index in [1.165, 1.54) is 43.9 Å². The number of carbonyl (C=O) groups excluding carboxylic acids is 1. The number of alkyl halides is 3. The van der Waals surface area contributed by atoms with Gasteiger partial charge in [-0.25, -0.2) is 4.98 Å². The molecule has 3 aliphatic rings. The third-order valence-electron chi connectivity index (χ3n) is 7.48. The van der Waals surface area contributed by atoms with Crippen molar-refractivity contribution in [3.05, 3.63) is 42.1 Å². The van der Waals surface area contributed by atoms with Crippen LogP contribution in [0.15, 0.2) is 36.4 Å². The minimum Gasteiger partial charge on any atom is -0.462 e. The van der Waals surface area contributed by atoms with Crippen molar-refractivity contribution in [2.24, 2.45) is 29.6 Å². The Hall–Kier alpha value is -2.57. The predicted molar refractivity (Wildman–Crippen MR) is 114 cm³/mol. The zero-order valence-corrected chi connectivity index (χ0v) is 17.8. The van der Waals surface area contributed by atoms with E-state index in [9.17, 15) is 18.0 Å². The summed E-state index contributed by atoms with van der Waals surface area (Å²) in [4.78, 5) is 17.0. The number of fused-ring (bicyclic) bond motifs is 3. The maximum absolute atomic E-state index is 12.5. The molecule has 0 spiro atoms. The first kappa shape index (κ1) is 21.3. The number of halogens is 3. The summed E-state index contributed by atoms with van der Waals surface area (Å²) in [5, 5.41) is 0.581. The van der Waals surface area contributed by atoms with Crippen molar-refractivity contribution >= 4 is 22.9 Å². The van der Waals surface area contributed by atoms with E-state index in [1.54, 1.807) is 12.1 Å². The molecule has 5 rings (SSSR count). The number of hydrogen-bond acceptors (Lipinski definition) is 4. The summed E-state index contributed by atoms with van der Waals surface area (Å²) in [6.45, 7) is 2.00. The number of hydrogen-bond donors (Lipinski definition) is 0. The minimum absolute atomic E-state index is 0.0179. The molecule has 0 bridgehead atoms. The van der Waals surface area contributed by atoms with Crippen LogP contribution in [0.5, 0.6) is 5.75 Å². The summed E-state index contributed by atoms with van der Waals surface area (Å²) in [6, 6.07) is 7.70. The first-order chi connectivity index (χ1) is 15.3. The van der Waals surface area contributed by atoms with Gasteiger partial charge in [0.05, 0.1) is 17.1 Å². The van der Waals surface area contributed by atoms with Gasteiger partial charge in [-0.15, -0.1) is 13.2 Å². The third kappa shape index (κ3) is 4.09. The monoisotopic (exact) mass is 445 g/mol. The number of aromatic nitrogens is 1. The Balaban J connectivity index is 1.41. The Labute approximate surface area is 184 Å². The van der Waals surface area contributed by atoms with Crippen LogP contribution in [0.4, 0.5) is 13.2 Å². The molecule has 1 aromatic heterocycles. The molecule has 0 N–H and O–H groups in total. The predicted octanol–water partition coefficient (Wildman–Crippen LogP) is 6.15. The number of ether oxygens (including phenoxy) is 2. The van der Waals surface area contributed by atoms with Crippen molar-refractivity contribution in [3.8, 4) is 5.75 Å². The zero-order valence-electron chi connectivity index (χ0n) is 17.8. The number of carbonyl (C=O) groups is 1. The van der Waals surface area contributed by atoms with Gasteiger partial charge >= 0.3 is 12.3 Å². The molecule has 1 aliphatic heterocycles. The Morgan fingerprint density at radius 2 is 1.97 bits per heavy atom. The fourth-order valence-electron chi connectivity index (χ4n) is 6.21. The number of esters is 1. The van der Waals surface area contributed by atoms with Gasteiger partial charge in [0.2, 0.25) is 0 Å². The van der Waals surface area contributed by atoms with E-state index in [2.05, 4.69) is 15.8 Å². The molecule has 7 heteroatoms. The zero-order chi connectivity index (χ0) is 22.5. The minimum atomic E-state index is -4.72. The number of rotatable bonds is 3. The van der Waals surface area contributed by atoms with Crippen LogP contribution in [-0.4, -0.2) is 23.4 Å². The largest absolute Gasteiger partial charge is 0.573 e. The molecule has 0 unspecified atom stereocenters. The van der Waals surface area contributed by atoms with Crippen LogP contribution in [0.2, 0.25) is 0 Å². The lowest BCUT2D eigenvalue weighted by Crippen LogP contribution is -2.42. The summed E-state index contributed by atoms with van der Waals surface area (Å²) in [5.41, 5.74) is 1.35. The number of nitrogens with zero attached hydrogens (tertiary/aromatic N) is 1. The molecule has 32 heavy (non-hydrogen) atoms. The first-order valence-electron chi connectivity index (χ1n) is 11.3. The third-order valence-corrected chi connectivity index (χ3v) is 7.48. The molecular formula is C25H26F3NO3. The fourth-order valence-corrected chi connectivity index (χ4v) is 6.21. The highest BCUT2D eigenvalue weighted by Crippen LogP contribution is 2.53. The van der Waals surface area contributed by atoms with Gasteiger partial charge in [-0.3, -0.25) is 4.79 Å². The molecular weight excluding hydrogens is 419 g/mol. The SMILES string of the molecule is C[C@H]1OC(=O)[C@@H]2C[C@@H]3CCCC[C@H]3[C@H](/C=C/c3ccc4cc(OC(F)(F)F)ccc4n3)[C@H]12. The van der Waals surface area contributed by atoms with E-state index in [0.29, 0.717) is 22.7 Å². The number of benzene rings is 1. The molecule has 0 amide bonds. The van der Waals surface area contributed by atoms with Crippen molar-refractivity contribution in [3.63, 3.8) is 0 Å². The number of pyridine rings is 1. The van der Waals surface area contributed by atoms with E-state index < -0.39 is 6.36 Å². The highest BCUT2D eigenvalue weighted by Gasteiger charge is 2.53. The van der Waals surface area contributed by atoms with Crippen LogP contribution in [0.3, 0.4) is 0 Å². The molecule has 1 saturated heterocycles. The molecule has 0 radical (unpaired) electrons. The van der Waals surface area contributed by atoms with Gasteiger partial charge in [0.15, 0.2) is 0 Å². The van der Waals surface area contributed by atoms with Gasteiger partial charge in [0, 0.05) is 11.3 Å². The van der Waals surface area contributed by atoms with Crippen molar-refractivity contribution < 1.29 is 27.4 Å². The molecule has 3 fully saturated rings. The maximum Gasteiger partial charge on any atom is 0.573 e. The number of allylic oxidation sites excluding steroid dienone is 1.